The minimum Gasteiger partial charge on any atom is -0.480 e. The van der Waals surface area contributed by atoms with Crippen LogP contribution in [0.15, 0.2) is 84.9 Å². The van der Waals surface area contributed by atoms with E-state index in [1.165, 1.54) is 34.1 Å². The zero-order valence-corrected chi connectivity index (χ0v) is 38.2. The number of hydrogen-bond acceptors (Lipinski definition) is 12. The summed E-state index contributed by atoms with van der Waals surface area (Å²) in [6, 6.07) is 24.1. The summed E-state index contributed by atoms with van der Waals surface area (Å²) in [5, 5.41) is 53.8. The van der Waals surface area contributed by atoms with Gasteiger partial charge in [-0.15, -0.1) is 0 Å². The Hall–Kier alpha value is -8.79. The molecule has 3 aromatic heterocycles. The molecular weight excluding hydrogens is 919 g/mol. The fourth-order valence-corrected chi connectivity index (χ4v) is 8.07. The van der Waals surface area contributed by atoms with Crippen LogP contribution in [0.4, 0.5) is 0 Å². The van der Waals surface area contributed by atoms with Gasteiger partial charge in [0.15, 0.2) is 6.17 Å². The van der Waals surface area contributed by atoms with Crippen LogP contribution in [0.5, 0.6) is 0 Å². The molecule has 5 aromatic rings. The minimum absolute atomic E-state index is 0.0197. The third kappa shape index (κ3) is 13.3. The summed E-state index contributed by atoms with van der Waals surface area (Å²) in [7, 11) is 0. The lowest BCUT2D eigenvalue weighted by atomic mass is 9.97. The average Bonchev–Trinajstić information content (AvgIpc) is 4.15. The van der Waals surface area contributed by atoms with Crippen molar-refractivity contribution in [3.8, 4) is 22.3 Å². The molecule has 2 aliphatic rings. The highest BCUT2D eigenvalue weighted by molar-refractivity contribution is 6.01. The highest BCUT2D eigenvalue weighted by atomic mass is 16.4. The molecule has 7 rings (SSSR count). The first-order chi connectivity index (χ1) is 34.0. The number of benzene rings is 2. The molecule has 2 aromatic carbocycles. The molecule has 8 bridgehead atoms. The maximum atomic E-state index is 13.8. The Morgan fingerprint density at radius 2 is 1.13 bits per heavy atom. The van der Waals surface area contributed by atoms with Crippen LogP contribution >= 0.6 is 0 Å². The van der Waals surface area contributed by atoms with E-state index in [2.05, 4.69) is 20.6 Å². The molecule has 9 N–H and O–H groups in total. The van der Waals surface area contributed by atoms with Crippen LogP contribution in [0.3, 0.4) is 0 Å². The van der Waals surface area contributed by atoms with Crippen molar-refractivity contribution in [1.29, 1.82) is 0 Å². The average molecular weight is 968 g/mol. The summed E-state index contributed by atoms with van der Waals surface area (Å²) < 4.78 is 0. The molecule has 0 aliphatic carbocycles. The number of aromatic amines is 2. The highest BCUT2D eigenvalue weighted by Gasteiger charge is 2.30. The van der Waals surface area contributed by atoms with Gasteiger partial charge in [-0.1, -0.05) is 24.3 Å². The van der Waals surface area contributed by atoms with Crippen molar-refractivity contribution in [3.05, 3.63) is 119 Å². The first kappa shape index (κ1) is 50.1. The molecule has 1 atom stereocenters. The third-order valence-corrected chi connectivity index (χ3v) is 11.3. The van der Waals surface area contributed by atoms with Crippen LogP contribution < -0.4 is 10.6 Å². The smallest absolute Gasteiger partial charge is 0.341 e. The molecule has 1 unspecified atom stereocenters. The number of nitrogens with one attached hydrogen (secondary N) is 4. The number of carbonyl (C=O) groups excluding carboxylic acids is 2. The number of aliphatic carboxylic acids is 4. The van der Waals surface area contributed by atoms with Crippen LogP contribution in [-0.2, 0) is 24.0 Å². The zero-order valence-electron chi connectivity index (χ0n) is 38.2. The second-order valence-electron chi connectivity index (χ2n) is 16.5. The number of fused-ring (bicyclic) bond motifs is 8. The molecule has 71 heavy (non-hydrogen) atoms. The third-order valence-electron chi connectivity index (χ3n) is 11.3. The highest BCUT2D eigenvalue weighted by Crippen LogP contribution is 2.37. The molecule has 21 heteroatoms. The van der Waals surface area contributed by atoms with Gasteiger partial charge in [0.1, 0.15) is 0 Å². The predicted octanol–water partition coefficient (Wildman–Crippen LogP) is 4.12. The number of carboxylic acid groups (broad SMARTS) is 5. The summed E-state index contributed by atoms with van der Waals surface area (Å²) in [4.78, 5) is 106. The van der Waals surface area contributed by atoms with Crippen molar-refractivity contribution in [2.24, 2.45) is 0 Å². The van der Waals surface area contributed by atoms with Crippen LogP contribution in [-0.4, -0.2) is 167 Å². The SMILES string of the molecule is CCNC(=O)CN(CCN(CCN(CC(=O)O)C(NC(=O)c1ccc(-c2cc3cc4nc(cc5ccc(cc6nc(c(-c7ccc(C(=O)O)cc7)c2[nH]3)C=C6)[nH]5)C=C4)cc1)C(=O)O)CC(=O)O)CC(=O)O. The lowest BCUT2D eigenvalue weighted by Gasteiger charge is -2.31. The first-order valence-electron chi connectivity index (χ1n) is 22.2. The monoisotopic (exact) mass is 967 g/mol. The lowest BCUT2D eigenvalue weighted by Crippen LogP contribution is -2.56. The van der Waals surface area contributed by atoms with E-state index in [9.17, 15) is 59.1 Å². The fourth-order valence-electron chi connectivity index (χ4n) is 8.07. The number of amides is 2. The van der Waals surface area contributed by atoms with E-state index in [1.807, 2.05) is 60.7 Å². The second kappa shape index (κ2) is 22.5. The molecule has 0 fully saturated rings. The number of carbonyl (C=O) groups is 7. The van der Waals surface area contributed by atoms with Crippen LogP contribution in [0.2, 0.25) is 0 Å². The number of nitrogens with zero attached hydrogens (tertiary/aromatic N) is 5. The molecule has 21 nitrogen and oxygen atoms in total. The normalized spacial score (nSPS) is 12.3. The van der Waals surface area contributed by atoms with Gasteiger partial charge in [-0.25, -0.2) is 19.6 Å². The van der Waals surface area contributed by atoms with Crippen LogP contribution in [0.1, 0.15) is 50.4 Å². The molecule has 366 valence electrons. The van der Waals surface area contributed by atoms with Crippen molar-refractivity contribution in [2.45, 2.75) is 13.1 Å². The van der Waals surface area contributed by atoms with Crippen LogP contribution in [0, 0.1) is 0 Å². The molecule has 2 aliphatic heterocycles. The minimum atomic E-state index is -1.89. The summed E-state index contributed by atoms with van der Waals surface area (Å²) in [5.74, 6) is -7.92. The van der Waals surface area contributed by atoms with Gasteiger partial charge < -0.3 is 46.1 Å². The number of hydrogen-bond donors (Lipinski definition) is 9. The number of aromatic nitrogens is 4. The molecule has 5 heterocycles. The second-order valence-corrected chi connectivity index (χ2v) is 16.5. The molecule has 0 radical (unpaired) electrons. The Morgan fingerprint density at radius 3 is 1.73 bits per heavy atom. The van der Waals surface area contributed by atoms with E-state index in [0.717, 1.165) is 21.6 Å². The van der Waals surface area contributed by atoms with Crippen molar-refractivity contribution in [1.82, 2.24) is 45.3 Å². The van der Waals surface area contributed by atoms with E-state index >= 15 is 0 Å². The standard InChI is InChI=1S/C50H49N9O12/c1-2-51-41(60)25-58(27-43(63)64)18-17-57(26-42(61)62)19-20-59(28-44(65)66)47(50(70)71)56-48(67)31-7-3-29(4-8-31)39-24-38-23-36-14-13-34(53-36)21-33-11-12-35(52-33)22-37-15-16-40(54-37)45(46(39)55-38)30-5-9-32(10-6-30)49(68)69/h3-16,21-24,47,52,55H,2,17-20,25-28H2,1H3,(H,51,60)(H,56,67)(H,61,62)(H,63,64)(H,65,66)(H,68,69)(H,70,71). The topological polar surface area (TPSA) is 312 Å². The van der Waals surface area contributed by atoms with E-state index < -0.39 is 67.5 Å². The molecule has 2 amide bonds. The van der Waals surface area contributed by atoms with Gasteiger partial charge in [-0.3, -0.25) is 38.7 Å². The van der Waals surface area contributed by atoms with Gasteiger partial charge in [-0.05, 0) is 103 Å². The lowest BCUT2D eigenvalue weighted by molar-refractivity contribution is -0.148. The van der Waals surface area contributed by atoms with Crippen molar-refractivity contribution in [3.63, 3.8) is 0 Å². The van der Waals surface area contributed by atoms with Gasteiger partial charge in [0, 0.05) is 66.0 Å². The number of carboxylic acids is 5. The Balaban J connectivity index is 1.21. The summed E-state index contributed by atoms with van der Waals surface area (Å²) in [6.07, 6.45) is 5.59. The Morgan fingerprint density at radius 1 is 0.577 bits per heavy atom. The quantitative estimate of drug-likeness (QED) is 0.0432. The van der Waals surface area contributed by atoms with Crippen molar-refractivity contribution in [2.75, 3.05) is 58.9 Å². The fraction of sp³-hybridized carbons (Fsp3) is 0.220. The van der Waals surface area contributed by atoms with E-state index in [0.29, 0.717) is 56.9 Å². The number of H-pyrrole nitrogens is 2. The first-order valence-corrected chi connectivity index (χ1v) is 22.2. The van der Waals surface area contributed by atoms with Gasteiger partial charge in [0.25, 0.3) is 5.91 Å². The largest absolute Gasteiger partial charge is 0.480 e. The molecule has 0 spiro atoms. The zero-order chi connectivity index (χ0) is 50.8. The van der Waals surface area contributed by atoms with Crippen molar-refractivity contribution < 1.29 is 59.1 Å². The van der Waals surface area contributed by atoms with E-state index in [4.69, 9.17) is 9.97 Å². The van der Waals surface area contributed by atoms with E-state index in [1.54, 1.807) is 31.2 Å². The van der Waals surface area contributed by atoms with Gasteiger partial charge in [0.05, 0.1) is 60.0 Å². The molecule has 0 saturated carbocycles. The Kier molecular flexibility index (Phi) is 15.9. The number of aromatic carboxylic acids is 1. The number of likely N-dealkylation sites (N-methyl/N-ethyl adjacent to an activating group) is 1. The molecule has 0 saturated heterocycles. The van der Waals surface area contributed by atoms with Gasteiger partial charge in [-0.2, -0.15) is 0 Å². The summed E-state index contributed by atoms with van der Waals surface area (Å²) in [6.45, 7) is -0.997. The Bertz CT molecular complexity index is 3110. The molecular formula is C50H49N9O12. The predicted molar refractivity (Wildman–Crippen MR) is 262 cm³/mol. The van der Waals surface area contributed by atoms with Gasteiger partial charge in [0.2, 0.25) is 5.91 Å². The van der Waals surface area contributed by atoms with Gasteiger partial charge >= 0.3 is 29.8 Å². The summed E-state index contributed by atoms with van der Waals surface area (Å²) in [5.41, 5.74) is 8.14. The maximum absolute atomic E-state index is 13.8. The van der Waals surface area contributed by atoms with Crippen LogP contribution in [0.25, 0.3) is 68.6 Å². The van der Waals surface area contributed by atoms with Crippen molar-refractivity contribution >= 4 is 88.0 Å². The maximum Gasteiger partial charge on any atom is 0.341 e. The summed E-state index contributed by atoms with van der Waals surface area (Å²) >= 11 is 0. The number of rotatable bonds is 22. The van der Waals surface area contributed by atoms with E-state index in [-0.39, 0.29) is 43.9 Å². The Labute approximate surface area is 404 Å².